The van der Waals surface area contributed by atoms with Gasteiger partial charge in [0, 0.05) is 10.6 Å². The van der Waals surface area contributed by atoms with Crippen molar-refractivity contribution in [3.63, 3.8) is 0 Å². The first-order valence-electron chi connectivity index (χ1n) is 5.30. The summed E-state index contributed by atoms with van der Waals surface area (Å²) < 4.78 is 15.3. The molecule has 5 nitrogen and oxygen atoms in total. The molecule has 0 unspecified atom stereocenters. The van der Waals surface area contributed by atoms with E-state index in [9.17, 15) is 9.18 Å². The molecular weight excluding hydrogens is 259 g/mol. The van der Waals surface area contributed by atoms with Gasteiger partial charge in [-0.25, -0.2) is 9.07 Å². The molecule has 2 heterocycles. The summed E-state index contributed by atoms with van der Waals surface area (Å²) >= 11 is 6.01. The summed E-state index contributed by atoms with van der Waals surface area (Å²) in [6, 6.07) is 3.85. The average Bonchev–Trinajstić information content (AvgIpc) is 2.76. The minimum atomic E-state index is -0.565. The second-order valence-corrected chi connectivity index (χ2v) is 4.34. The van der Waals surface area contributed by atoms with Gasteiger partial charge in [0.1, 0.15) is 12.1 Å². The molecule has 1 aromatic carbocycles. The van der Waals surface area contributed by atoms with E-state index in [0.717, 1.165) is 0 Å². The summed E-state index contributed by atoms with van der Waals surface area (Å²) in [6.45, 7) is 0. The molecule has 7 heteroatoms. The van der Waals surface area contributed by atoms with Crippen molar-refractivity contribution in [2.24, 2.45) is 0 Å². The van der Waals surface area contributed by atoms with Crippen LogP contribution in [-0.2, 0) is 4.79 Å². The molecule has 0 bridgehead atoms. The standard InChI is InChI=1S/C11H8ClFN4O/c12-6-2-1-3-7(13)10(6)8-4-9(18)16-11-14-5-15-17(8)11/h1-3,5,8H,4H2,(H,14,15,16,18)/t8-/m0/s1. The van der Waals surface area contributed by atoms with E-state index in [1.807, 2.05) is 0 Å². The van der Waals surface area contributed by atoms with Crippen molar-refractivity contribution < 1.29 is 9.18 Å². The first-order chi connectivity index (χ1) is 8.66. The Morgan fingerprint density at radius 1 is 1.50 bits per heavy atom. The van der Waals surface area contributed by atoms with E-state index in [0.29, 0.717) is 5.95 Å². The van der Waals surface area contributed by atoms with Crippen LogP contribution in [0.5, 0.6) is 0 Å². The van der Waals surface area contributed by atoms with Gasteiger partial charge in [-0.2, -0.15) is 10.1 Å². The fourth-order valence-corrected chi connectivity index (χ4v) is 2.35. The molecule has 0 aliphatic carbocycles. The number of halogens is 2. The SMILES string of the molecule is O=C1C[C@@H](c2c(F)cccc2Cl)n2ncnc2N1. The Kier molecular flexibility index (Phi) is 2.52. The number of aromatic nitrogens is 3. The molecule has 18 heavy (non-hydrogen) atoms. The first kappa shape index (κ1) is 11.2. The second-order valence-electron chi connectivity index (χ2n) is 3.93. The third-order valence-electron chi connectivity index (χ3n) is 2.83. The van der Waals surface area contributed by atoms with Crippen molar-refractivity contribution in [2.75, 3.05) is 5.32 Å². The molecule has 0 spiro atoms. The maximum atomic E-state index is 13.9. The van der Waals surface area contributed by atoms with Crippen molar-refractivity contribution in [1.29, 1.82) is 0 Å². The predicted molar refractivity (Wildman–Crippen MR) is 62.8 cm³/mol. The van der Waals surface area contributed by atoms with Crippen LogP contribution in [0.25, 0.3) is 0 Å². The molecule has 1 amide bonds. The number of hydrogen-bond donors (Lipinski definition) is 1. The number of benzene rings is 1. The topological polar surface area (TPSA) is 59.8 Å². The van der Waals surface area contributed by atoms with Crippen LogP contribution in [0.15, 0.2) is 24.5 Å². The van der Waals surface area contributed by atoms with Crippen LogP contribution < -0.4 is 5.32 Å². The highest BCUT2D eigenvalue weighted by Crippen LogP contribution is 2.34. The summed E-state index contributed by atoms with van der Waals surface area (Å²) in [7, 11) is 0. The molecule has 1 N–H and O–H groups in total. The third-order valence-corrected chi connectivity index (χ3v) is 3.16. The second kappa shape index (κ2) is 4.06. The minimum absolute atomic E-state index is 0.0804. The number of carbonyl (C=O) groups is 1. The fourth-order valence-electron chi connectivity index (χ4n) is 2.06. The van der Waals surface area contributed by atoms with E-state index in [4.69, 9.17) is 11.6 Å². The van der Waals surface area contributed by atoms with E-state index >= 15 is 0 Å². The van der Waals surface area contributed by atoms with Gasteiger partial charge in [0.2, 0.25) is 11.9 Å². The van der Waals surface area contributed by atoms with E-state index in [-0.39, 0.29) is 22.9 Å². The van der Waals surface area contributed by atoms with Crippen molar-refractivity contribution in [3.05, 3.63) is 40.9 Å². The Hall–Kier alpha value is -1.95. The summed E-state index contributed by atoms with van der Waals surface area (Å²) in [5.74, 6) is -0.390. The lowest BCUT2D eigenvalue weighted by Crippen LogP contribution is -2.30. The lowest BCUT2D eigenvalue weighted by Gasteiger charge is -2.24. The Labute approximate surface area is 107 Å². The minimum Gasteiger partial charge on any atom is -0.295 e. The number of nitrogens with zero attached hydrogens (tertiary/aromatic N) is 3. The van der Waals surface area contributed by atoms with Crippen LogP contribution in [0.3, 0.4) is 0 Å². The van der Waals surface area contributed by atoms with Crippen LogP contribution >= 0.6 is 11.6 Å². The lowest BCUT2D eigenvalue weighted by molar-refractivity contribution is -0.117. The Morgan fingerprint density at radius 2 is 2.33 bits per heavy atom. The Balaban J connectivity index is 2.16. The summed E-state index contributed by atoms with van der Waals surface area (Å²) in [6.07, 6.45) is 1.39. The van der Waals surface area contributed by atoms with Crippen LogP contribution in [0.4, 0.5) is 10.3 Å². The van der Waals surface area contributed by atoms with E-state index < -0.39 is 11.9 Å². The van der Waals surface area contributed by atoms with Crippen molar-refractivity contribution >= 4 is 23.5 Å². The van der Waals surface area contributed by atoms with Crippen LogP contribution in [0.1, 0.15) is 18.0 Å². The quantitative estimate of drug-likeness (QED) is 0.859. The molecule has 0 fully saturated rings. The molecule has 3 rings (SSSR count). The Bertz CT molecular complexity index is 607. The largest absolute Gasteiger partial charge is 0.295 e. The number of fused-ring (bicyclic) bond motifs is 1. The maximum absolute atomic E-state index is 13.9. The zero-order valence-corrected chi connectivity index (χ0v) is 9.86. The Morgan fingerprint density at radius 3 is 3.11 bits per heavy atom. The number of carbonyl (C=O) groups excluding carboxylic acids is 1. The van der Waals surface area contributed by atoms with Crippen LogP contribution in [0, 0.1) is 5.82 Å². The number of amides is 1. The van der Waals surface area contributed by atoms with Gasteiger partial charge in [-0.15, -0.1) is 0 Å². The smallest absolute Gasteiger partial charge is 0.229 e. The molecule has 1 atom stereocenters. The highest BCUT2D eigenvalue weighted by Gasteiger charge is 2.30. The van der Waals surface area contributed by atoms with E-state index in [1.165, 1.54) is 23.1 Å². The predicted octanol–water partition coefficient (Wildman–Crippen LogP) is 2.00. The number of nitrogens with one attached hydrogen (secondary N) is 1. The normalized spacial score (nSPS) is 18.3. The van der Waals surface area contributed by atoms with Gasteiger partial charge in [0.15, 0.2) is 0 Å². The van der Waals surface area contributed by atoms with Crippen LogP contribution in [0.2, 0.25) is 5.02 Å². The van der Waals surface area contributed by atoms with Gasteiger partial charge in [-0.05, 0) is 12.1 Å². The fraction of sp³-hybridized carbons (Fsp3) is 0.182. The number of rotatable bonds is 1. The summed E-state index contributed by atoms with van der Waals surface area (Å²) in [5.41, 5.74) is 0.265. The molecule has 0 radical (unpaired) electrons. The molecule has 1 aliphatic rings. The lowest BCUT2D eigenvalue weighted by atomic mass is 10.0. The third kappa shape index (κ3) is 1.65. The van der Waals surface area contributed by atoms with Gasteiger partial charge >= 0.3 is 0 Å². The molecule has 1 aromatic heterocycles. The first-order valence-corrected chi connectivity index (χ1v) is 5.68. The molecule has 92 valence electrons. The maximum Gasteiger partial charge on any atom is 0.229 e. The zero-order chi connectivity index (χ0) is 12.7. The van der Waals surface area contributed by atoms with Crippen LogP contribution in [-0.4, -0.2) is 20.7 Å². The van der Waals surface area contributed by atoms with Gasteiger partial charge in [0.25, 0.3) is 0 Å². The summed E-state index contributed by atoms with van der Waals surface area (Å²) in [4.78, 5) is 15.5. The van der Waals surface area contributed by atoms with Gasteiger partial charge < -0.3 is 0 Å². The van der Waals surface area contributed by atoms with E-state index in [2.05, 4.69) is 15.4 Å². The number of hydrogen-bond acceptors (Lipinski definition) is 3. The monoisotopic (exact) mass is 266 g/mol. The van der Waals surface area contributed by atoms with Gasteiger partial charge in [-0.1, -0.05) is 17.7 Å². The van der Waals surface area contributed by atoms with Crippen molar-refractivity contribution in [2.45, 2.75) is 12.5 Å². The molecule has 0 saturated heterocycles. The highest BCUT2D eigenvalue weighted by atomic mass is 35.5. The van der Waals surface area contributed by atoms with Gasteiger partial charge in [0.05, 0.1) is 12.5 Å². The van der Waals surface area contributed by atoms with Crippen molar-refractivity contribution in [3.8, 4) is 0 Å². The zero-order valence-electron chi connectivity index (χ0n) is 9.10. The average molecular weight is 267 g/mol. The van der Waals surface area contributed by atoms with E-state index in [1.54, 1.807) is 6.07 Å². The molecule has 0 saturated carbocycles. The van der Waals surface area contributed by atoms with Gasteiger partial charge in [-0.3, -0.25) is 10.1 Å². The molecule has 2 aromatic rings. The molecule has 1 aliphatic heterocycles. The highest BCUT2D eigenvalue weighted by molar-refractivity contribution is 6.31. The van der Waals surface area contributed by atoms with Crippen molar-refractivity contribution in [1.82, 2.24) is 14.8 Å². The molecular formula is C11H8ClFN4O. The number of anilines is 1. The summed E-state index contributed by atoms with van der Waals surface area (Å²) in [5, 5.41) is 6.83.